The first kappa shape index (κ1) is 18.8. The van der Waals surface area contributed by atoms with E-state index in [-0.39, 0.29) is 4.90 Å². The summed E-state index contributed by atoms with van der Waals surface area (Å²) in [6.07, 6.45) is 0.552. The molecule has 7 nitrogen and oxygen atoms in total. The number of hydrogen-bond donors (Lipinski definition) is 0. The number of ether oxygens (including phenoxy) is 1. The van der Waals surface area contributed by atoms with Gasteiger partial charge in [0, 0.05) is 18.7 Å². The minimum absolute atomic E-state index is 0.251. The van der Waals surface area contributed by atoms with E-state index in [0.717, 1.165) is 5.56 Å². The standard InChI is InChI=1S/C20H21N3O4S/c1-15-2-4-16(5-3-15)14-19-21-20(22-27-19)17-6-8-18(9-7-17)28(24,25)23-10-12-26-13-11-23/h2-9H,10-14H2,1H3. The number of morpholine rings is 1. The van der Waals surface area contributed by atoms with Gasteiger partial charge in [0.15, 0.2) is 0 Å². The van der Waals surface area contributed by atoms with E-state index in [9.17, 15) is 8.42 Å². The Morgan fingerprint density at radius 2 is 1.68 bits per heavy atom. The summed E-state index contributed by atoms with van der Waals surface area (Å²) in [4.78, 5) is 4.68. The predicted octanol–water partition coefficient (Wildman–Crippen LogP) is 2.66. The highest BCUT2D eigenvalue weighted by molar-refractivity contribution is 7.89. The van der Waals surface area contributed by atoms with E-state index >= 15 is 0 Å². The fraction of sp³-hybridized carbons (Fsp3) is 0.300. The third-order valence-electron chi connectivity index (χ3n) is 4.66. The Morgan fingerprint density at radius 3 is 2.36 bits per heavy atom. The summed E-state index contributed by atoms with van der Waals surface area (Å²) in [5.74, 6) is 0.960. The van der Waals surface area contributed by atoms with E-state index in [1.807, 2.05) is 31.2 Å². The quantitative estimate of drug-likeness (QED) is 0.656. The molecule has 0 spiro atoms. The van der Waals surface area contributed by atoms with Gasteiger partial charge in [-0.25, -0.2) is 8.42 Å². The highest BCUT2D eigenvalue weighted by atomic mass is 32.2. The van der Waals surface area contributed by atoms with Crippen molar-refractivity contribution >= 4 is 10.0 Å². The minimum Gasteiger partial charge on any atom is -0.379 e. The molecule has 0 N–H and O–H groups in total. The van der Waals surface area contributed by atoms with Crippen LogP contribution in [-0.2, 0) is 21.2 Å². The monoisotopic (exact) mass is 399 g/mol. The number of aryl methyl sites for hydroxylation is 1. The second kappa shape index (κ2) is 7.83. The van der Waals surface area contributed by atoms with E-state index in [1.165, 1.54) is 9.87 Å². The number of sulfonamides is 1. The topological polar surface area (TPSA) is 85.5 Å². The molecule has 1 aliphatic heterocycles. The van der Waals surface area contributed by atoms with Crippen LogP contribution >= 0.6 is 0 Å². The summed E-state index contributed by atoms with van der Waals surface area (Å²) in [7, 11) is -3.51. The summed E-state index contributed by atoms with van der Waals surface area (Å²) in [6.45, 7) is 3.62. The molecule has 28 heavy (non-hydrogen) atoms. The first-order valence-corrected chi connectivity index (χ1v) is 10.5. The fourth-order valence-electron chi connectivity index (χ4n) is 3.04. The van der Waals surface area contributed by atoms with Crippen LogP contribution in [0.5, 0.6) is 0 Å². The lowest BCUT2D eigenvalue weighted by Crippen LogP contribution is -2.40. The lowest BCUT2D eigenvalue weighted by Gasteiger charge is -2.26. The molecule has 0 saturated carbocycles. The molecule has 3 aromatic rings. The molecule has 1 aromatic heterocycles. The van der Waals surface area contributed by atoms with Crippen LogP contribution in [0.25, 0.3) is 11.4 Å². The molecule has 1 aliphatic rings. The van der Waals surface area contributed by atoms with Gasteiger partial charge >= 0.3 is 0 Å². The summed E-state index contributed by atoms with van der Waals surface area (Å²) in [5.41, 5.74) is 3.00. The third-order valence-corrected chi connectivity index (χ3v) is 6.58. The molecule has 0 radical (unpaired) electrons. The number of hydrogen-bond acceptors (Lipinski definition) is 6. The molecule has 0 bridgehead atoms. The first-order valence-electron chi connectivity index (χ1n) is 9.09. The van der Waals surface area contributed by atoms with Gasteiger partial charge in [-0.3, -0.25) is 0 Å². The van der Waals surface area contributed by atoms with Crippen LogP contribution in [0, 0.1) is 6.92 Å². The Hall–Kier alpha value is -2.55. The van der Waals surface area contributed by atoms with Crippen molar-refractivity contribution in [2.24, 2.45) is 0 Å². The van der Waals surface area contributed by atoms with Gasteiger partial charge in [-0.2, -0.15) is 9.29 Å². The third kappa shape index (κ3) is 3.99. The highest BCUT2D eigenvalue weighted by Crippen LogP contribution is 2.22. The molecule has 0 unspecified atom stereocenters. The van der Waals surface area contributed by atoms with Crippen LogP contribution < -0.4 is 0 Å². The van der Waals surface area contributed by atoms with Crippen LogP contribution in [0.1, 0.15) is 17.0 Å². The minimum atomic E-state index is -3.51. The van der Waals surface area contributed by atoms with Gasteiger partial charge in [-0.05, 0) is 36.8 Å². The molecule has 4 rings (SSSR count). The van der Waals surface area contributed by atoms with Crippen molar-refractivity contribution in [2.75, 3.05) is 26.3 Å². The maximum absolute atomic E-state index is 12.7. The summed E-state index contributed by atoms with van der Waals surface area (Å²) in [5, 5.41) is 4.02. The average molecular weight is 399 g/mol. The summed E-state index contributed by atoms with van der Waals surface area (Å²) in [6, 6.07) is 14.7. The average Bonchev–Trinajstić information content (AvgIpc) is 3.19. The summed E-state index contributed by atoms with van der Waals surface area (Å²) >= 11 is 0. The van der Waals surface area contributed by atoms with E-state index in [1.54, 1.807) is 24.3 Å². The van der Waals surface area contributed by atoms with Gasteiger partial charge < -0.3 is 9.26 Å². The van der Waals surface area contributed by atoms with E-state index in [0.29, 0.717) is 50.0 Å². The number of rotatable bonds is 5. The molecule has 2 aromatic carbocycles. The van der Waals surface area contributed by atoms with Crippen LogP contribution in [0.4, 0.5) is 0 Å². The maximum atomic E-state index is 12.7. The predicted molar refractivity (Wildman–Crippen MR) is 103 cm³/mol. The Kier molecular flexibility index (Phi) is 5.25. The number of benzene rings is 2. The zero-order valence-electron chi connectivity index (χ0n) is 15.5. The van der Waals surface area contributed by atoms with Crippen molar-refractivity contribution in [3.63, 3.8) is 0 Å². The van der Waals surface area contributed by atoms with Crippen molar-refractivity contribution in [1.29, 1.82) is 0 Å². The zero-order valence-corrected chi connectivity index (χ0v) is 16.4. The Morgan fingerprint density at radius 1 is 1.00 bits per heavy atom. The van der Waals surface area contributed by atoms with Gasteiger partial charge in [-0.15, -0.1) is 0 Å². The van der Waals surface area contributed by atoms with Crippen LogP contribution in [0.3, 0.4) is 0 Å². The normalized spacial score (nSPS) is 15.6. The van der Waals surface area contributed by atoms with E-state index in [2.05, 4.69) is 10.1 Å². The Bertz CT molecular complexity index is 1040. The Labute approximate surface area is 164 Å². The van der Waals surface area contributed by atoms with Crippen molar-refractivity contribution in [1.82, 2.24) is 14.4 Å². The molecular formula is C20H21N3O4S. The van der Waals surface area contributed by atoms with Crippen molar-refractivity contribution in [3.8, 4) is 11.4 Å². The molecule has 8 heteroatoms. The maximum Gasteiger partial charge on any atom is 0.243 e. The van der Waals surface area contributed by atoms with Crippen LogP contribution in [0.2, 0.25) is 0 Å². The van der Waals surface area contributed by atoms with Gasteiger partial charge in [0.2, 0.25) is 21.7 Å². The molecule has 1 saturated heterocycles. The lowest BCUT2D eigenvalue weighted by molar-refractivity contribution is 0.0730. The molecular weight excluding hydrogens is 378 g/mol. The molecule has 0 atom stereocenters. The second-order valence-corrected chi connectivity index (χ2v) is 8.65. The molecule has 1 fully saturated rings. The van der Waals surface area contributed by atoms with Crippen LogP contribution in [-0.4, -0.2) is 49.2 Å². The zero-order chi connectivity index (χ0) is 19.6. The fourth-order valence-corrected chi connectivity index (χ4v) is 4.44. The number of nitrogens with zero attached hydrogens (tertiary/aromatic N) is 3. The van der Waals surface area contributed by atoms with Gasteiger partial charge in [-0.1, -0.05) is 35.0 Å². The van der Waals surface area contributed by atoms with Gasteiger partial charge in [0.05, 0.1) is 24.5 Å². The Balaban J connectivity index is 1.49. The summed E-state index contributed by atoms with van der Waals surface area (Å²) < 4.78 is 37.4. The van der Waals surface area contributed by atoms with Crippen molar-refractivity contribution in [3.05, 3.63) is 65.5 Å². The van der Waals surface area contributed by atoms with Gasteiger partial charge in [0.1, 0.15) is 0 Å². The second-order valence-electron chi connectivity index (χ2n) is 6.71. The number of aromatic nitrogens is 2. The molecule has 146 valence electrons. The SMILES string of the molecule is Cc1ccc(Cc2nc(-c3ccc(S(=O)(=O)N4CCOCC4)cc3)no2)cc1. The van der Waals surface area contributed by atoms with Gasteiger partial charge in [0.25, 0.3) is 0 Å². The highest BCUT2D eigenvalue weighted by Gasteiger charge is 2.26. The largest absolute Gasteiger partial charge is 0.379 e. The van der Waals surface area contributed by atoms with Crippen LogP contribution in [0.15, 0.2) is 57.9 Å². The molecule has 0 aliphatic carbocycles. The van der Waals surface area contributed by atoms with Crippen molar-refractivity contribution in [2.45, 2.75) is 18.2 Å². The van der Waals surface area contributed by atoms with E-state index in [4.69, 9.17) is 9.26 Å². The molecule has 0 amide bonds. The smallest absolute Gasteiger partial charge is 0.243 e. The lowest BCUT2D eigenvalue weighted by atomic mass is 10.1. The van der Waals surface area contributed by atoms with E-state index < -0.39 is 10.0 Å². The first-order chi connectivity index (χ1) is 13.5. The molecule has 2 heterocycles. The van der Waals surface area contributed by atoms with Crippen molar-refractivity contribution < 1.29 is 17.7 Å².